The molecule has 0 saturated heterocycles. The number of rotatable bonds is 6. The van der Waals surface area contributed by atoms with Gasteiger partial charge in [0.05, 0.1) is 6.42 Å². The van der Waals surface area contributed by atoms with Gasteiger partial charge in [-0.1, -0.05) is 23.7 Å². The zero-order valence-corrected chi connectivity index (χ0v) is 16.0. The number of amides is 2. The Morgan fingerprint density at radius 3 is 2.17 bits per heavy atom. The third-order valence-electron chi connectivity index (χ3n) is 3.87. The first kappa shape index (κ1) is 22.5. The molecule has 0 aliphatic heterocycles. The second-order valence-corrected chi connectivity index (χ2v) is 6.83. The Labute approximate surface area is 169 Å². The van der Waals surface area contributed by atoms with Crippen LogP contribution in [0.15, 0.2) is 48.5 Å². The summed E-state index contributed by atoms with van der Waals surface area (Å²) in [5.74, 6) is -1.29. The molecular formula is C19H18ClF3N2O4. The maximum absolute atomic E-state index is 12.6. The van der Waals surface area contributed by atoms with E-state index in [4.69, 9.17) is 16.3 Å². The second-order valence-electron chi connectivity index (χ2n) is 6.39. The second kappa shape index (κ2) is 9.15. The van der Waals surface area contributed by atoms with E-state index in [0.717, 1.165) is 5.56 Å². The van der Waals surface area contributed by atoms with E-state index in [0.29, 0.717) is 17.7 Å². The number of alkyl halides is 3. The number of carbonyl (C=O) groups is 2. The molecule has 2 amide bonds. The van der Waals surface area contributed by atoms with Gasteiger partial charge in [-0.05, 0) is 48.9 Å². The minimum absolute atomic E-state index is 0.170. The summed E-state index contributed by atoms with van der Waals surface area (Å²) in [6, 6.07) is 13.0. The highest BCUT2D eigenvalue weighted by molar-refractivity contribution is 6.30. The summed E-state index contributed by atoms with van der Waals surface area (Å²) in [4.78, 5) is 23.5. The Hall–Kier alpha value is -2.78. The summed E-state index contributed by atoms with van der Waals surface area (Å²) < 4.78 is 43.2. The van der Waals surface area contributed by atoms with Crippen LogP contribution in [0, 0.1) is 0 Å². The lowest BCUT2D eigenvalue weighted by Gasteiger charge is -2.25. The van der Waals surface area contributed by atoms with Crippen LogP contribution in [0.5, 0.6) is 5.75 Å². The van der Waals surface area contributed by atoms with Crippen molar-refractivity contribution in [3.05, 3.63) is 64.7 Å². The van der Waals surface area contributed by atoms with Gasteiger partial charge in [-0.25, -0.2) is 0 Å². The number of nitrogens with one attached hydrogen (secondary N) is 2. The zero-order chi connectivity index (χ0) is 21.7. The van der Waals surface area contributed by atoms with Gasteiger partial charge in [0.25, 0.3) is 5.91 Å². The quantitative estimate of drug-likeness (QED) is 0.613. The van der Waals surface area contributed by atoms with Crippen molar-refractivity contribution in [1.82, 2.24) is 10.9 Å². The summed E-state index contributed by atoms with van der Waals surface area (Å²) in [6.07, 6.45) is -6.23. The molecule has 2 rings (SSSR count). The molecule has 1 atom stereocenters. The highest BCUT2D eigenvalue weighted by Gasteiger charge is 2.51. The molecule has 0 fully saturated rings. The predicted octanol–water partition coefficient (Wildman–Crippen LogP) is 3.38. The van der Waals surface area contributed by atoms with E-state index >= 15 is 0 Å². The molecule has 2 aromatic rings. The van der Waals surface area contributed by atoms with E-state index < -0.39 is 30.0 Å². The topological polar surface area (TPSA) is 87.7 Å². The summed E-state index contributed by atoms with van der Waals surface area (Å²) in [5.41, 5.74) is 1.57. The number of hydrogen-bond donors (Lipinski definition) is 3. The molecule has 10 heteroatoms. The fraction of sp³-hybridized carbons (Fsp3) is 0.263. The number of ether oxygens (including phenoxy) is 1. The van der Waals surface area contributed by atoms with Crippen molar-refractivity contribution in [2.24, 2.45) is 0 Å². The molecule has 3 N–H and O–H groups in total. The molecule has 0 spiro atoms. The maximum Gasteiger partial charge on any atom is 0.417 e. The number of benzene rings is 2. The summed E-state index contributed by atoms with van der Waals surface area (Å²) in [6.45, 7) is 0.714. The van der Waals surface area contributed by atoms with Gasteiger partial charge in [0.2, 0.25) is 5.91 Å². The van der Waals surface area contributed by atoms with Crippen molar-refractivity contribution in [2.45, 2.75) is 31.7 Å². The molecular weight excluding hydrogens is 413 g/mol. The molecule has 0 aliphatic rings. The van der Waals surface area contributed by atoms with E-state index in [1.165, 1.54) is 12.1 Å². The van der Waals surface area contributed by atoms with Crippen molar-refractivity contribution in [1.29, 1.82) is 0 Å². The van der Waals surface area contributed by atoms with E-state index in [-0.39, 0.29) is 12.2 Å². The molecule has 0 aromatic heterocycles. The van der Waals surface area contributed by atoms with Gasteiger partial charge in [0.1, 0.15) is 12.4 Å². The maximum atomic E-state index is 12.6. The van der Waals surface area contributed by atoms with Crippen molar-refractivity contribution in [3.8, 4) is 5.75 Å². The standard InChI is InChI=1S/C19H18ClF3N2O4/c1-18(28,19(21,22)23)10-16(26)24-25-17(27)13-4-2-12(3-5-13)11-29-15-8-6-14(20)7-9-15/h2-9,28H,10-11H2,1H3,(H,24,26)(H,25,27). The van der Waals surface area contributed by atoms with Gasteiger partial charge >= 0.3 is 6.18 Å². The van der Waals surface area contributed by atoms with Crippen LogP contribution < -0.4 is 15.6 Å². The SMILES string of the molecule is CC(O)(CC(=O)NNC(=O)c1ccc(COc2ccc(Cl)cc2)cc1)C(F)(F)F. The summed E-state index contributed by atoms with van der Waals surface area (Å²) >= 11 is 5.79. The molecule has 1 unspecified atom stereocenters. The first-order valence-electron chi connectivity index (χ1n) is 8.33. The predicted molar refractivity (Wildman–Crippen MR) is 99.1 cm³/mol. The first-order chi connectivity index (χ1) is 13.5. The highest BCUT2D eigenvalue weighted by Crippen LogP contribution is 2.32. The Balaban J connectivity index is 1.84. The molecule has 0 aliphatic carbocycles. The van der Waals surface area contributed by atoms with E-state index in [2.05, 4.69) is 0 Å². The Kier molecular flexibility index (Phi) is 7.10. The number of halogens is 4. The summed E-state index contributed by atoms with van der Waals surface area (Å²) in [5, 5.41) is 9.85. The van der Waals surface area contributed by atoms with Gasteiger partial charge in [0, 0.05) is 10.6 Å². The van der Waals surface area contributed by atoms with Crippen LogP contribution in [-0.4, -0.2) is 28.7 Å². The third-order valence-corrected chi connectivity index (χ3v) is 4.12. The van der Waals surface area contributed by atoms with Gasteiger partial charge in [-0.2, -0.15) is 13.2 Å². The number of hydrazine groups is 1. The average molecular weight is 431 g/mol. The molecule has 0 radical (unpaired) electrons. The normalized spacial score (nSPS) is 13.3. The molecule has 0 heterocycles. The summed E-state index contributed by atoms with van der Waals surface area (Å²) in [7, 11) is 0. The molecule has 2 aromatic carbocycles. The molecule has 29 heavy (non-hydrogen) atoms. The van der Waals surface area contributed by atoms with Gasteiger partial charge < -0.3 is 9.84 Å². The van der Waals surface area contributed by atoms with Crippen molar-refractivity contribution in [3.63, 3.8) is 0 Å². The van der Waals surface area contributed by atoms with Crippen LogP contribution >= 0.6 is 11.6 Å². The van der Waals surface area contributed by atoms with Crippen LogP contribution in [0.25, 0.3) is 0 Å². The van der Waals surface area contributed by atoms with Crippen LogP contribution in [0.1, 0.15) is 29.3 Å². The minimum Gasteiger partial charge on any atom is -0.489 e. The lowest BCUT2D eigenvalue weighted by Crippen LogP contribution is -2.49. The molecule has 0 bridgehead atoms. The highest BCUT2D eigenvalue weighted by atomic mass is 35.5. The van der Waals surface area contributed by atoms with Crippen LogP contribution in [0.2, 0.25) is 5.02 Å². The van der Waals surface area contributed by atoms with Crippen molar-refractivity contribution >= 4 is 23.4 Å². The van der Waals surface area contributed by atoms with Crippen LogP contribution in [-0.2, 0) is 11.4 Å². The molecule has 156 valence electrons. The average Bonchev–Trinajstić information content (AvgIpc) is 2.65. The minimum atomic E-state index is -4.97. The third kappa shape index (κ3) is 6.65. The van der Waals surface area contributed by atoms with Gasteiger partial charge in [0.15, 0.2) is 5.60 Å². The monoisotopic (exact) mass is 430 g/mol. The number of hydrogen-bond acceptors (Lipinski definition) is 4. The van der Waals surface area contributed by atoms with E-state index in [9.17, 15) is 27.9 Å². The van der Waals surface area contributed by atoms with E-state index in [1.54, 1.807) is 36.4 Å². The van der Waals surface area contributed by atoms with Gasteiger partial charge in [-0.15, -0.1) is 0 Å². The fourth-order valence-electron chi connectivity index (χ4n) is 2.11. The van der Waals surface area contributed by atoms with E-state index in [1.807, 2.05) is 10.9 Å². The Bertz CT molecular complexity index is 853. The van der Waals surface area contributed by atoms with Crippen LogP contribution in [0.3, 0.4) is 0 Å². The molecule has 0 saturated carbocycles. The fourth-order valence-corrected chi connectivity index (χ4v) is 2.23. The van der Waals surface area contributed by atoms with Crippen molar-refractivity contribution in [2.75, 3.05) is 0 Å². The van der Waals surface area contributed by atoms with Crippen LogP contribution in [0.4, 0.5) is 13.2 Å². The van der Waals surface area contributed by atoms with Gasteiger partial charge in [-0.3, -0.25) is 20.4 Å². The smallest absolute Gasteiger partial charge is 0.417 e. The zero-order valence-electron chi connectivity index (χ0n) is 15.2. The molecule has 6 nitrogen and oxygen atoms in total. The van der Waals surface area contributed by atoms with Crippen molar-refractivity contribution < 1.29 is 32.6 Å². The number of carbonyl (C=O) groups excluding carboxylic acids is 2. The Morgan fingerprint density at radius 1 is 1.03 bits per heavy atom. The first-order valence-corrected chi connectivity index (χ1v) is 8.71. The Morgan fingerprint density at radius 2 is 1.62 bits per heavy atom. The number of aliphatic hydroxyl groups is 1. The largest absolute Gasteiger partial charge is 0.489 e. The lowest BCUT2D eigenvalue weighted by atomic mass is 10.0. The lowest BCUT2D eigenvalue weighted by molar-refractivity contribution is -0.253.